The van der Waals surface area contributed by atoms with Crippen LogP contribution < -0.4 is 10.5 Å². The molecule has 0 atom stereocenters. The van der Waals surface area contributed by atoms with Crippen molar-refractivity contribution >= 4 is 17.2 Å². The van der Waals surface area contributed by atoms with Crippen molar-refractivity contribution in [1.29, 1.82) is 5.41 Å². The molecule has 0 saturated heterocycles. The van der Waals surface area contributed by atoms with Gasteiger partial charge in [-0.3, -0.25) is 5.41 Å². The first-order valence-electron chi connectivity index (χ1n) is 6.89. The van der Waals surface area contributed by atoms with E-state index in [9.17, 15) is 0 Å². The molecule has 21 heavy (non-hydrogen) atoms. The Kier molecular flexibility index (Phi) is 4.63. The Morgan fingerprint density at radius 3 is 2.48 bits per heavy atom. The third-order valence-corrected chi connectivity index (χ3v) is 4.21. The smallest absolute Gasteiger partial charge is 0.134 e. The van der Waals surface area contributed by atoms with E-state index in [2.05, 4.69) is 37.9 Å². The lowest BCUT2D eigenvalue weighted by atomic mass is 9.87. The number of hydrogen-bond donors (Lipinski definition) is 2. The second kappa shape index (κ2) is 6.26. The number of aromatic nitrogens is 1. The van der Waals surface area contributed by atoms with Gasteiger partial charge in [-0.15, -0.1) is 11.3 Å². The first kappa shape index (κ1) is 15.5. The molecule has 0 aliphatic carbocycles. The molecular formula is C16H21N3OS. The van der Waals surface area contributed by atoms with Crippen LogP contribution in [0.2, 0.25) is 0 Å². The summed E-state index contributed by atoms with van der Waals surface area (Å²) < 4.78 is 5.73. The van der Waals surface area contributed by atoms with Gasteiger partial charge in [-0.2, -0.15) is 0 Å². The number of nitrogen functional groups attached to an aromatic ring is 1. The number of nitrogens with zero attached hydrogens (tertiary/aromatic N) is 1. The maximum atomic E-state index is 7.35. The zero-order chi connectivity index (χ0) is 15.5. The Balaban J connectivity index is 1.87. The number of ether oxygens (including phenoxy) is 1. The number of thiazole rings is 1. The molecule has 0 aliphatic heterocycles. The number of hydrogen-bond acceptors (Lipinski definition) is 4. The van der Waals surface area contributed by atoms with Gasteiger partial charge in [-0.25, -0.2) is 4.98 Å². The fraction of sp³-hybridized carbons (Fsp3) is 0.375. The standard InChI is InChI=1S/C16H21N3OS/c1-16(2,3)11-4-6-12(7-5-11)20-9-8-14-19-10-13(21-14)15(17)18/h4-7,10H,8-9H2,1-3H3,(H3,17,18). The van der Waals surface area contributed by atoms with E-state index >= 15 is 0 Å². The minimum Gasteiger partial charge on any atom is -0.493 e. The van der Waals surface area contributed by atoms with Gasteiger partial charge in [-0.1, -0.05) is 32.9 Å². The highest BCUT2D eigenvalue weighted by atomic mass is 32.1. The molecule has 3 N–H and O–H groups in total. The summed E-state index contributed by atoms with van der Waals surface area (Å²) in [6.07, 6.45) is 2.36. The quantitative estimate of drug-likeness (QED) is 0.657. The van der Waals surface area contributed by atoms with Gasteiger partial charge >= 0.3 is 0 Å². The van der Waals surface area contributed by atoms with Crippen LogP contribution in [-0.2, 0) is 11.8 Å². The molecule has 0 radical (unpaired) electrons. The summed E-state index contributed by atoms with van der Waals surface area (Å²) in [7, 11) is 0. The van der Waals surface area contributed by atoms with E-state index in [1.165, 1.54) is 16.9 Å². The lowest BCUT2D eigenvalue weighted by molar-refractivity contribution is 0.321. The van der Waals surface area contributed by atoms with Gasteiger partial charge in [0.05, 0.1) is 16.5 Å². The second-order valence-electron chi connectivity index (χ2n) is 5.90. The third-order valence-electron chi connectivity index (χ3n) is 3.12. The van der Waals surface area contributed by atoms with E-state index < -0.39 is 0 Å². The molecule has 1 heterocycles. The highest BCUT2D eigenvalue weighted by molar-refractivity contribution is 7.13. The zero-order valence-electron chi connectivity index (χ0n) is 12.6. The molecule has 1 aromatic carbocycles. The topological polar surface area (TPSA) is 72.0 Å². The molecule has 2 aromatic rings. The van der Waals surface area contributed by atoms with Crippen molar-refractivity contribution in [3.05, 3.63) is 45.9 Å². The van der Waals surface area contributed by atoms with Crippen LogP contribution >= 0.6 is 11.3 Å². The zero-order valence-corrected chi connectivity index (χ0v) is 13.5. The molecule has 0 amide bonds. The Labute approximate surface area is 129 Å². The van der Waals surface area contributed by atoms with Crippen molar-refractivity contribution in [2.24, 2.45) is 5.73 Å². The van der Waals surface area contributed by atoms with Gasteiger partial charge in [0.1, 0.15) is 11.6 Å². The minimum absolute atomic E-state index is 0.0671. The summed E-state index contributed by atoms with van der Waals surface area (Å²) in [4.78, 5) is 4.94. The van der Waals surface area contributed by atoms with Crippen molar-refractivity contribution in [3.63, 3.8) is 0 Å². The van der Waals surface area contributed by atoms with Gasteiger partial charge in [-0.05, 0) is 23.1 Å². The molecule has 0 spiro atoms. The average Bonchev–Trinajstić information content (AvgIpc) is 2.87. The summed E-state index contributed by atoms with van der Waals surface area (Å²) in [5.41, 5.74) is 6.87. The van der Waals surface area contributed by atoms with Crippen LogP contribution in [0.15, 0.2) is 30.5 Å². The van der Waals surface area contributed by atoms with E-state index in [-0.39, 0.29) is 11.3 Å². The fourth-order valence-corrected chi connectivity index (χ4v) is 2.62. The first-order chi connectivity index (χ1) is 9.86. The van der Waals surface area contributed by atoms with E-state index in [0.29, 0.717) is 11.5 Å². The van der Waals surface area contributed by atoms with Crippen LogP contribution in [0.4, 0.5) is 0 Å². The molecule has 0 saturated carbocycles. The number of amidine groups is 1. The molecule has 0 aliphatic rings. The predicted molar refractivity (Wildman–Crippen MR) is 87.5 cm³/mol. The van der Waals surface area contributed by atoms with E-state index in [1.807, 2.05) is 12.1 Å². The van der Waals surface area contributed by atoms with Crippen molar-refractivity contribution in [2.45, 2.75) is 32.6 Å². The van der Waals surface area contributed by atoms with Gasteiger partial charge in [0.2, 0.25) is 0 Å². The van der Waals surface area contributed by atoms with Crippen LogP contribution in [0.1, 0.15) is 36.2 Å². The predicted octanol–water partition coefficient (Wildman–Crippen LogP) is 3.35. The SMILES string of the molecule is CC(C)(C)c1ccc(OCCc2ncc(C(=N)N)s2)cc1. The summed E-state index contributed by atoms with van der Waals surface area (Å²) >= 11 is 1.44. The summed E-state index contributed by atoms with van der Waals surface area (Å²) in [6.45, 7) is 7.15. The summed E-state index contributed by atoms with van der Waals surface area (Å²) in [6, 6.07) is 8.21. The Hall–Kier alpha value is -1.88. The van der Waals surface area contributed by atoms with Crippen LogP contribution in [0.25, 0.3) is 0 Å². The lowest BCUT2D eigenvalue weighted by Crippen LogP contribution is -2.10. The highest BCUT2D eigenvalue weighted by Crippen LogP contribution is 2.24. The van der Waals surface area contributed by atoms with Crippen molar-refractivity contribution in [3.8, 4) is 5.75 Å². The van der Waals surface area contributed by atoms with Gasteiger partial charge < -0.3 is 10.5 Å². The van der Waals surface area contributed by atoms with Crippen LogP contribution in [-0.4, -0.2) is 17.4 Å². The monoisotopic (exact) mass is 303 g/mol. The van der Waals surface area contributed by atoms with E-state index in [4.69, 9.17) is 15.9 Å². The summed E-state index contributed by atoms with van der Waals surface area (Å²) in [5, 5.41) is 8.28. The van der Waals surface area contributed by atoms with Gasteiger partial charge in [0.25, 0.3) is 0 Å². The lowest BCUT2D eigenvalue weighted by Gasteiger charge is -2.19. The van der Waals surface area contributed by atoms with Crippen LogP contribution in [0.5, 0.6) is 5.75 Å². The molecule has 0 bridgehead atoms. The molecule has 2 rings (SSSR count). The number of nitrogens with two attached hydrogens (primary N) is 1. The molecule has 0 unspecified atom stereocenters. The van der Waals surface area contributed by atoms with Gasteiger partial charge in [0.15, 0.2) is 0 Å². The Morgan fingerprint density at radius 1 is 1.29 bits per heavy atom. The Morgan fingerprint density at radius 2 is 1.95 bits per heavy atom. The van der Waals surface area contributed by atoms with Crippen molar-refractivity contribution < 1.29 is 4.74 Å². The Bertz CT molecular complexity index is 611. The first-order valence-corrected chi connectivity index (χ1v) is 7.70. The fourth-order valence-electron chi connectivity index (χ4n) is 1.86. The molecular weight excluding hydrogens is 282 g/mol. The maximum absolute atomic E-state index is 7.35. The second-order valence-corrected chi connectivity index (χ2v) is 7.02. The van der Waals surface area contributed by atoms with Crippen molar-refractivity contribution in [2.75, 3.05) is 6.61 Å². The number of rotatable bonds is 5. The van der Waals surface area contributed by atoms with E-state index in [1.54, 1.807) is 6.20 Å². The normalized spacial score (nSPS) is 11.4. The number of benzene rings is 1. The average molecular weight is 303 g/mol. The minimum atomic E-state index is 0.0671. The number of nitrogens with one attached hydrogen (secondary N) is 1. The largest absolute Gasteiger partial charge is 0.493 e. The van der Waals surface area contributed by atoms with Crippen LogP contribution in [0.3, 0.4) is 0 Å². The maximum Gasteiger partial charge on any atom is 0.134 e. The van der Waals surface area contributed by atoms with Crippen LogP contribution in [0, 0.1) is 5.41 Å². The highest BCUT2D eigenvalue weighted by Gasteiger charge is 2.13. The van der Waals surface area contributed by atoms with Gasteiger partial charge in [0, 0.05) is 12.6 Å². The van der Waals surface area contributed by atoms with Crippen molar-refractivity contribution in [1.82, 2.24) is 4.98 Å². The third kappa shape index (κ3) is 4.29. The molecule has 5 heteroatoms. The van der Waals surface area contributed by atoms with E-state index in [0.717, 1.165) is 17.2 Å². The molecule has 0 fully saturated rings. The molecule has 1 aromatic heterocycles. The summed E-state index contributed by atoms with van der Waals surface area (Å²) in [5.74, 6) is 0.934. The molecule has 112 valence electrons. The molecule has 4 nitrogen and oxygen atoms in total.